The van der Waals surface area contributed by atoms with Crippen molar-refractivity contribution in [2.75, 3.05) is 7.05 Å². The van der Waals surface area contributed by atoms with E-state index in [9.17, 15) is 4.39 Å². The van der Waals surface area contributed by atoms with Gasteiger partial charge in [0.05, 0.1) is 5.84 Å². The van der Waals surface area contributed by atoms with E-state index in [2.05, 4.69) is 0 Å². The van der Waals surface area contributed by atoms with Crippen LogP contribution in [-0.2, 0) is 6.54 Å². The van der Waals surface area contributed by atoms with Gasteiger partial charge >= 0.3 is 0 Å². The fraction of sp³-hybridized carbons (Fsp3) is 0.417. The van der Waals surface area contributed by atoms with Crippen LogP contribution < -0.4 is 0 Å². The van der Waals surface area contributed by atoms with Gasteiger partial charge in [0, 0.05) is 19.5 Å². The summed E-state index contributed by atoms with van der Waals surface area (Å²) < 4.78 is 12.7. The third kappa shape index (κ3) is 3.35. The second-order valence-electron chi connectivity index (χ2n) is 4.02. The first-order valence-corrected chi connectivity index (χ1v) is 5.04. The number of hydrogen-bond acceptors (Lipinski definition) is 1. The maximum atomic E-state index is 12.7. The van der Waals surface area contributed by atoms with Crippen LogP contribution in [0.1, 0.15) is 19.4 Å². The van der Waals surface area contributed by atoms with Gasteiger partial charge in [-0.25, -0.2) is 4.39 Å². The van der Waals surface area contributed by atoms with E-state index < -0.39 is 0 Å². The molecule has 15 heavy (non-hydrogen) atoms. The summed E-state index contributed by atoms with van der Waals surface area (Å²) in [5.74, 6) is 0.593. The molecule has 1 aromatic carbocycles. The van der Waals surface area contributed by atoms with Gasteiger partial charge in [-0.15, -0.1) is 0 Å². The second-order valence-corrected chi connectivity index (χ2v) is 4.02. The van der Waals surface area contributed by atoms with Crippen molar-refractivity contribution in [1.82, 2.24) is 4.90 Å². The Morgan fingerprint density at radius 3 is 2.33 bits per heavy atom. The van der Waals surface area contributed by atoms with Crippen molar-refractivity contribution >= 4 is 5.84 Å². The fourth-order valence-electron chi connectivity index (χ4n) is 1.39. The summed E-state index contributed by atoms with van der Waals surface area (Å²) in [4.78, 5) is 1.87. The van der Waals surface area contributed by atoms with Gasteiger partial charge in [-0.05, 0) is 17.7 Å². The predicted octanol–water partition coefficient (Wildman–Crippen LogP) is 2.89. The molecule has 0 heterocycles. The first kappa shape index (κ1) is 11.7. The topological polar surface area (TPSA) is 27.1 Å². The molecule has 0 atom stereocenters. The van der Waals surface area contributed by atoms with Crippen LogP contribution in [0, 0.1) is 17.1 Å². The van der Waals surface area contributed by atoms with Crippen molar-refractivity contribution in [2.45, 2.75) is 20.4 Å². The van der Waals surface area contributed by atoms with Crippen molar-refractivity contribution < 1.29 is 4.39 Å². The van der Waals surface area contributed by atoms with Crippen molar-refractivity contribution in [2.24, 2.45) is 5.92 Å². The Morgan fingerprint density at radius 1 is 1.33 bits per heavy atom. The van der Waals surface area contributed by atoms with Crippen LogP contribution in [0.4, 0.5) is 4.39 Å². The summed E-state index contributed by atoms with van der Waals surface area (Å²) in [5.41, 5.74) is 1.02. The molecule has 0 radical (unpaired) electrons. The van der Waals surface area contributed by atoms with E-state index in [0.29, 0.717) is 12.4 Å². The van der Waals surface area contributed by atoms with Crippen molar-refractivity contribution in [3.05, 3.63) is 35.6 Å². The lowest BCUT2D eigenvalue weighted by molar-refractivity contribution is 0.468. The zero-order valence-corrected chi connectivity index (χ0v) is 9.42. The number of nitrogens with one attached hydrogen (secondary N) is 1. The first-order chi connectivity index (χ1) is 7.00. The highest BCUT2D eigenvalue weighted by Crippen LogP contribution is 2.08. The number of rotatable bonds is 3. The zero-order valence-electron chi connectivity index (χ0n) is 9.42. The van der Waals surface area contributed by atoms with Gasteiger partial charge in [-0.1, -0.05) is 26.0 Å². The van der Waals surface area contributed by atoms with Crippen LogP contribution in [0.15, 0.2) is 24.3 Å². The van der Waals surface area contributed by atoms with Crippen molar-refractivity contribution in [1.29, 1.82) is 5.41 Å². The lowest BCUT2D eigenvalue weighted by Gasteiger charge is -2.22. The van der Waals surface area contributed by atoms with E-state index in [1.165, 1.54) is 12.1 Å². The molecule has 0 amide bonds. The average molecular weight is 208 g/mol. The molecule has 0 aromatic heterocycles. The summed E-state index contributed by atoms with van der Waals surface area (Å²) >= 11 is 0. The summed E-state index contributed by atoms with van der Waals surface area (Å²) in [6.07, 6.45) is 0. The highest BCUT2D eigenvalue weighted by molar-refractivity contribution is 5.80. The zero-order chi connectivity index (χ0) is 11.4. The van der Waals surface area contributed by atoms with E-state index >= 15 is 0 Å². The standard InChI is InChI=1S/C12H17FN2/c1-9(2)12(14)15(3)8-10-4-6-11(13)7-5-10/h4-7,9,14H,8H2,1-3H3. The molecule has 0 saturated heterocycles. The molecule has 0 bridgehead atoms. The van der Waals surface area contributed by atoms with E-state index in [1.807, 2.05) is 25.8 Å². The van der Waals surface area contributed by atoms with Crippen LogP contribution in [0.25, 0.3) is 0 Å². The quantitative estimate of drug-likeness (QED) is 0.600. The number of halogens is 1. The van der Waals surface area contributed by atoms with Gasteiger partial charge in [0.2, 0.25) is 0 Å². The Bertz CT molecular complexity index is 330. The molecule has 82 valence electrons. The summed E-state index contributed by atoms with van der Waals surface area (Å²) in [6.45, 7) is 4.63. The second kappa shape index (κ2) is 4.91. The summed E-state index contributed by atoms with van der Waals surface area (Å²) in [5, 5.41) is 7.79. The van der Waals surface area contributed by atoms with Gasteiger partial charge in [0.1, 0.15) is 5.82 Å². The van der Waals surface area contributed by atoms with E-state index in [4.69, 9.17) is 5.41 Å². The fourth-order valence-corrected chi connectivity index (χ4v) is 1.39. The molecule has 0 fully saturated rings. The van der Waals surface area contributed by atoms with Crippen LogP contribution in [-0.4, -0.2) is 17.8 Å². The Balaban J connectivity index is 2.62. The Labute approximate surface area is 90.2 Å². The lowest BCUT2D eigenvalue weighted by atomic mass is 10.1. The van der Waals surface area contributed by atoms with Crippen molar-refractivity contribution in [3.63, 3.8) is 0 Å². The van der Waals surface area contributed by atoms with Crippen LogP contribution >= 0.6 is 0 Å². The number of nitrogens with zero attached hydrogens (tertiary/aromatic N) is 1. The predicted molar refractivity (Wildman–Crippen MR) is 60.4 cm³/mol. The van der Waals surface area contributed by atoms with E-state index in [0.717, 1.165) is 5.56 Å². The molecule has 0 aliphatic rings. The SMILES string of the molecule is CC(C)C(=N)N(C)Cc1ccc(F)cc1. The normalized spacial score (nSPS) is 10.5. The maximum Gasteiger partial charge on any atom is 0.123 e. The molecule has 0 aliphatic carbocycles. The summed E-state index contributed by atoms with van der Waals surface area (Å²) in [7, 11) is 1.88. The van der Waals surface area contributed by atoms with Crippen LogP contribution in [0.3, 0.4) is 0 Å². The van der Waals surface area contributed by atoms with Gasteiger partial charge in [0.25, 0.3) is 0 Å². The number of hydrogen-bond donors (Lipinski definition) is 1. The molecule has 3 heteroatoms. The molecule has 0 unspecified atom stereocenters. The maximum absolute atomic E-state index is 12.7. The van der Waals surface area contributed by atoms with Gasteiger partial charge < -0.3 is 4.90 Å². The molecule has 0 spiro atoms. The Hall–Kier alpha value is -1.38. The van der Waals surface area contributed by atoms with Crippen LogP contribution in [0.2, 0.25) is 0 Å². The van der Waals surface area contributed by atoms with E-state index in [1.54, 1.807) is 12.1 Å². The average Bonchev–Trinajstić information content (AvgIpc) is 2.20. The Kier molecular flexibility index (Phi) is 3.83. The molecule has 1 N–H and O–H groups in total. The van der Waals surface area contributed by atoms with Crippen molar-refractivity contribution in [3.8, 4) is 0 Å². The minimum absolute atomic E-state index is 0.218. The van der Waals surface area contributed by atoms with Crippen LogP contribution in [0.5, 0.6) is 0 Å². The van der Waals surface area contributed by atoms with E-state index in [-0.39, 0.29) is 11.7 Å². The lowest BCUT2D eigenvalue weighted by Crippen LogP contribution is -2.29. The summed E-state index contributed by atoms with van der Waals surface area (Å²) in [6, 6.07) is 6.39. The minimum Gasteiger partial charge on any atom is -0.359 e. The molecule has 0 aliphatic heterocycles. The minimum atomic E-state index is -0.222. The highest BCUT2D eigenvalue weighted by atomic mass is 19.1. The van der Waals surface area contributed by atoms with Gasteiger partial charge in [-0.3, -0.25) is 5.41 Å². The Morgan fingerprint density at radius 2 is 1.87 bits per heavy atom. The smallest absolute Gasteiger partial charge is 0.123 e. The third-order valence-corrected chi connectivity index (χ3v) is 2.29. The monoisotopic (exact) mass is 208 g/mol. The van der Waals surface area contributed by atoms with Gasteiger partial charge in [0.15, 0.2) is 0 Å². The molecule has 1 rings (SSSR count). The molecular weight excluding hydrogens is 191 g/mol. The molecular formula is C12H17FN2. The first-order valence-electron chi connectivity index (χ1n) is 5.04. The molecule has 1 aromatic rings. The highest BCUT2D eigenvalue weighted by Gasteiger charge is 2.08. The number of benzene rings is 1. The molecule has 2 nitrogen and oxygen atoms in total. The third-order valence-electron chi connectivity index (χ3n) is 2.29. The molecule has 0 saturated carbocycles. The number of amidine groups is 1. The van der Waals surface area contributed by atoms with Gasteiger partial charge in [-0.2, -0.15) is 0 Å². The largest absolute Gasteiger partial charge is 0.359 e.